The third kappa shape index (κ3) is 4.22. The number of anilines is 2. The van der Waals surface area contributed by atoms with Crippen LogP contribution in [0.2, 0.25) is 0 Å². The normalized spacial score (nSPS) is 10.3. The van der Waals surface area contributed by atoms with Crippen LogP contribution >= 0.6 is 0 Å². The molecule has 4 N–H and O–H groups in total. The molecule has 1 aromatic heterocycles. The lowest BCUT2D eigenvalue weighted by Gasteiger charge is -2.09. The van der Waals surface area contributed by atoms with Gasteiger partial charge < -0.3 is 16.4 Å². The highest BCUT2D eigenvalue weighted by Gasteiger charge is 2.05. The summed E-state index contributed by atoms with van der Waals surface area (Å²) in [6, 6.07) is 9.33. The molecule has 1 amide bonds. The number of rotatable bonds is 6. The predicted molar refractivity (Wildman–Crippen MR) is 90.0 cm³/mol. The predicted octanol–water partition coefficient (Wildman–Crippen LogP) is 2.51. The summed E-state index contributed by atoms with van der Waals surface area (Å²) >= 11 is 0. The molecule has 0 saturated heterocycles. The zero-order valence-electron chi connectivity index (χ0n) is 13.0. The topological polar surface area (TPSA) is 80.0 Å². The van der Waals surface area contributed by atoms with Crippen molar-refractivity contribution in [2.45, 2.75) is 20.3 Å². The number of amides is 1. The van der Waals surface area contributed by atoms with Crippen molar-refractivity contribution in [1.29, 1.82) is 0 Å². The summed E-state index contributed by atoms with van der Waals surface area (Å²) in [5, 5.41) is 6.07. The summed E-state index contributed by atoms with van der Waals surface area (Å²) < 4.78 is 0. The molecule has 0 saturated carbocycles. The molecule has 1 heterocycles. The van der Waals surface area contributed by atoms with E-state index in [4.69, 9.17) is 5.73 Å². The summed E-state index contributed by atoms with van der Waals surface area (Å²) in [7, 11) is 0. The van der Waals surface area contributed by atoms with E-state index in [9.17, 15) is 4.79 Å². The maximum absolute atomic E-state index is 12.0. The minimum atomic E-state index is -0.0412. The van der Waals surface area contributed by atoms with Gasteiger partial charge in [0, 0.05) is 24.8 Å². The van der Waals surface area contributed by atoms with Gasteiger partial charge in [0.25, 0.3) is 5.91 Å². The van der Waals surface area contributed by atoms with Crippen LogP contribution in [0.15, 0.2) is 36.5 Å². The highest BCUT2D eigenvalue weighted by atomic mass is 16.1. The highest BCUT2D eigenvalue weighted by molar-refractivity contribution is 5.94. The summed E-state index contributed by atoms with van der Waals surface area (Å²) in [4.78, 5) is 16.2. The Morgan fingerprint density at radius 1 is 1.18 bits per heavy atom. The Balaban J connectivity index is 1.73. The van der Waals surface area contributed by atoms with Gasteiger partial charge in [-0.25, -0.2) is 4.98 Å². The fourth-order valence-electron chi connectivity index (χ4n) is 2.05. The fraction of sp³-hybridized carbons (Fsp3) is 0.294. The second-order valence-corrected chi connectivity index (χ2v) is 5.28. The number of carbonyl (C=O) groups excluding carboxylic acids is 1. The first-order chi connectivity index (χ1) is 10.6. The molecule has 116 valence electrons. The Bertz CT molecular complexity index is 655. The van der Waals surface area contributed by atoms with E-state index in [2.05, 4.69) is 15.6 Å². The van der Waals surface area contributed by atoms with Gasteiger partial charge in [-0.3, -0.25) is 4.79 Å². The molecule has 0 spiro atoms. The molecule has 0 radical (unpaired) electrons. The molecule has 0 aliphatic carbocycles. The zero-order valence-corrected chi connectivity index (χ0v) is 13.0. The number of nitrogen functional groups attached to an aromatic ring is 1. The number of hydrogen-bond donors (Lipinski definition) is 3. The van der Waals surface area contributed by atoms with E-state index in [0.29, 0.717) is 30.2 Å². The number of aryl methyl sites for hydroxylation is 2. The summed E-state index contributed by atoms with van der Waals surface area (Å²) in [5.41, 5.74) is 9.43. The number of nitrogens with zero attached hydrogens (tertiary/aromatic N) is 1. The minimum Gasteiger partial charge on any atom is -0.396 e. The lowest BCUT2D eigenvalue weighted by atomic mass is 10.1. The molecule has 5 nitrogen and oxygen atoms in total. The summed E-state index contributed by atoms with van der Waals surface area (Å²) in [6.45, 7) is 5.35. The molecular weight excluding hydrogens is 276 g/mol. The monoisotopic (exact) mass is 298 g/mol. The van der Waals surface area contributed by atoms with Crippen LogP contribution in [0, 0.1) is 13.8 Å². The number of nitrogens with two attached hydrogens (primary N) is 1. The van der Waals surface area contributed by atoms with Crippen LogP contribution in [-0.2, 0) is 0 Å². The van der Waals surface area contributed by atoms with Crippen LogP contribution in [0.1, 0.15) is 27.9 Å². The lowest BCUT2D eigenvalue weighted by molar-refractivity contribution is 0.0953. The van der Waals surface area contributed by atoms with E-state index in [1.165, 1.54) is 5.56 Å². The first kappa shape index (κ1) is 15.8. The standard InChI is InChI=1S/C17H22N4O/c1-12-6-7-14(11-13(12)2)17(22)21-10-4-9-20-16-15(18)5-3-8-19-16/h3,5-8,11H,4,9-10,18H2,1-2H3,(H,19,20)(H,21,22). The quantitative estimate of drug-likeness (QED) is 0.716. The minimum absolute atomic E-state index is 0.0412. The highest BCUT2D eigenvalue weighted by Crippen LogP contribution is 2.12. The van der Waals surface area contributed by atoms with Crippen molar-refractivity contribution in [1.82, 2.24) is 10.3 Å². The van der Waals surface area contributed by atoms with Gasteiger partial charge >= 0.3 is 0 Å². The molecule has 2 rings (SSSR count). The van der Waals surface area contributed by atoms with E-state index in [1.54, 1.807) is 18.3 Å². The Kier molecular flexibility index (Phi) is 5.36. The Hall–Kier alpha value is -2.56. The lowest BCUT2D eigenvalue weighted by Crippen LogP contribution is -2.26. The molecule has 22 heavy (non-hydrogen) atoms. The van der Waals surface area contributed by atoms with Crippen LogP contribution in [0.3, 0.4) is 0 Å². The van der Waals surface area contributed by atoms with Gasteiger partial charge in [-0.2, -0.15) is 0 Å². The van der Waals surface area contributed by atoms with Crippen molar-refractivity contribution in [3.05, 3.63) is 53.2 Å². The van der Waals surface area contributed by atoms with Gasteiger partial charge in [-0.1, -0.05) is 6.07 Å². The number of nitrogens with one attached hydrogen (secondary N) is 2. The zero-order chi connectivity index (χ0) is 15.9. The molecule has 0 atom stereocenters. The van der Waals surface area contributed by atoms with E-state index < -0.39 is 0 Å². The Morgan fingerprint density at radius 3 is 2.73 bits per heavy atom. The number of pyridine rings is 1. The maximum atomic E-state index is 12.0. The summed E-state index contributed by atoms with van der Waals surface area (Å²) in [6.07, 6.45) is 2.49. The van der Waals surface area contributed by atoms with Gasteiger partial charge in [0.2, 0.25) is 0 Å². The van der Waals surface area contributed by atoms with Crippen molar-refractivity contribution in [3.63, 3.8) is 0 Å². The third-order valence-corrected chi connectivity index (χ3v) is 3.54. The Morgan fingerprint density at radius 2 is 2.00 bits per heavy atom. The number of aromatic nitrogens is 1. The molecule has 0 fully saturated rings. The SMILES string of the molecule is Cc1ccc(C(=O)NCCCNc2ncccc2N)cc1C. The van der Waals surface area contributed by atoms with Crippen LogP contribution in [0.5, 0.6) is 0 Å². The summed E-state index contributed by atoms with van der Waals surface area (Å²) in [5.74, 6) is 0.642. The van der Waals surface area contributed by atoms with E-state index in [1.807, 2.05) is 32.0 Å². The maximum Gasteiger partial charge on any atom is 0.251 e. The fourth-order valence-corrected chi connectivity index (χ4v) is 2.05. The molecule has 0 aliphatic rings. The van der Waals surface area contributed by atoms with Crippen molar-refractivity contribution in [2.24, 2.45) is 0 Å². The number of benzene rings is 1. The van der Waals surface area contributed by atoms with E-state index in [0.717, 1.165) is 12.0 Å². The van der Waals surface area contributed by atoms with Crippen molar-refractivity contribution < 1.29 is 4.79 Å². The van der Waals surface area contributed by atoms with Gasteiger partial charge in [0.1, 0.15) is 5.82 Å². The first-order valence-electron chi connectivity index (χ1n) is 7.38. The van der Waals surface area contributed by atoms with Crippen molar-refractivity contribution in [2.75, 3.05) is 24.1 Å². The largest absolute Gasteiger partial charge is 0.396 e. The second kappa shape index (κ2) is 7.45. The molecule has 0 bridgehead atoms. The molecule has 1 aromatic carbocycles. The Labute approximate surface area is 130 Å². The van der Waals surface area contributed by atoms with Crippen molar-refractivity contribution >= 4 is 17.4 Å². The number of hydrogen-bond acceptors (Lipinski definition) is 4. The van der Waals surface area contributed by atoms with Gasteiger partial charge in [0.05, 0.1) is 5.69 Å². The van der Waals surface area contributed by atoms with Crippen LogP contribution in [-0.4, -0.2) is 24.0 Å². The molecular formula is C17H22N4O. The number of carbonyl (C=O) groups is 1. The third-order valence-electron chi connectivity index (χ3n) is 3.54. The first-order valence-corrected chi connectivity index (χ1v) is 7.38. The van der Waals surface area contributed by atoms with Crippen LogP contribution < -0.4 is 16.4 Å². The van der Waals surface area contributed by atoms with Crippen molar-refractivity contribution in [3.8, 4) is 0 Å². The second-order valence-electron chi connectivity index (χ2n) is 5.28. The smallest absolute Gasteiger partial charge is 0.251 e. The van der Waals surface area contributed by atoms with E-state index >= 15 is 0 Å². The average Bonchev–Trinajstić information content (AvgIpc) is 2.51. The molecule has 5 heteroatoms. The average molecular weight is 298 g/mol. The molecule has 2 aromatic rings. The van der Waals surface area contributed by atoms with E-state index in [-0.39, 0.29) is 5.91 Å². The van der Waals surface area contributed by atoms with Gasteiger partial charge in [0.15, 0.2) is 0 Å². The van der Waals surface area contributed by atoms with Gasteiger partial charge in [-0.05, 0) is 55.7 Å². The molecule has 0 aliphatic heterocycles. The molecule has 0 unspecified atom stereocenters. The van der Waals surface area contributed by atoms with Gasteiger partial charge in [-0.15, -0.1) is 0 Å². The van der Waals surface area contributed by atoms with Crippen LogP contribution in [0.4, 0.5) is 11.5 Å². The van der Waals surface area contributed by atoms with Crippen LogP contribution in [0.25, 0.3) is 0 Å².